The van der Waals surface area contributed by atoms with E-state index in [0.29, 0.717) is 0 Å². The van der Waals surface area contributed by atoms with Crippen molar-refractivity contribution in [2.75, 3.05) is 33.8 Å². The van der Waals surface area contributed by atoms with Gasteiger partial charge in [0.15, 0.2) is 0 Å². The summed E-state index contributed by atoms with van der Waals surface area (Å²) in [6, 6.07) is 6.63. The first-order valence-corrected chi connectivity index (χ1v) is 7.13. The van der Waals surface area contributed by atoms with Gasteiger partial charge in [-0.3, -0.25) is 4.90 Å². The first-order chi connectivity index (χ1) is 9.03. The minimum atomic E-state index is 0.189. The molecule has 1 aromatic rings. The molecule has 2 rings (SSSR count). The summed E-state index contributed by atoms with van der Waals surface area (Å²) in [5.74, 6) is 1.08. The molecule has 0 aromatic heterocycles. The average molecular weight is 262 g/mol. The minimum absolute atomic E-state index is 0.189. The third kappa shape index (κ3) is 3.48. The van der Waals surface area contributed by atoms with Crippen molar-refractivity contribution < 1.29 is 4.74 Å². The second-order valence-electron chi connectivity index (χ2n) is 6.05. The fourth-order valence-corrected chi connectivity index (χ4v) is 2.56. The van der Waals surface area contributed by atoms with Gasteiger partial charge in [0, 0.05) is 25.0 Å². The van der Waals surface area contributed by atoms with Crippen LogP contribution in [0.4, 0.5) is 0 Å². The maximum Gasteiger partial charge on any atom is 0.122 e. The van der Waals surface area contributed by atoms with E-state index >= 15 is 0 Å². The highest BCUT2D eigenvalue weighted by atomic mass is 16.5. The lowest BCUT2D eigenvalue weighted by molar-refractivity contribution is 0.157. The smallest absolute Gasteiger partial charge is 0.122 e. The highest BCUT2D eigenvalue weighted by Crippen LogP contribution is 2.26. The zero-order valence-electron chi connectivity index (χ0n) is 12.6. The Balaban J connectivity index is 1.92. The fraction of sp³-hybridized carbons (Fsp3) is 0.625. The van der Waals surface area contributed by atoms with Crippen molar-refractivity contribution in [2.45, 2.75) is 32.2 Å². The molecule has 0 saturated carbocycles. The lowest BCUT2D eigenvalue weighted by Crippen LogP contribution is -2.48. The normalized spacial score (nSPS) is 14.6. The molecule has 0 fully saturated rings. The summed E-state index contributed by atoms with van der Waals surface area (Å²) in [7, 11) is 4.21. The molecule has 1 heterocycles. The molecule has 106 valence electrons. The van der Waals surface area contributed by atoms with Gasteiger partial charge in [0.05, 0.1) is 6.61 Å². The molecule has 1 aliphatic heterocycles. The Hall–Kier alpha value is -1.06. The number of nitrogens with one attached hydrogen (secondary N) is 1. The number of hydrogen-bond donors (Lipinski definition) is 1. The first-order valence-electron chi connectivity index (χ1n) is 7.13. The first kappa shape index (κ1) is 14.4. The maximum absolute atomic E-state index is 5.55. The summed E-state index contributed by atoms with van der Waals surface area (Å²) in [6.07, 6.45) is 2.15. The van der Waals surface area contributed by atoms with Crippen LogP contribution in [0.2, 0.25) is 0 Å². The van der Waals surface area contributed by atoms with E-state index in [1.165, 1.54) is 11.1 Å². The molecular formula is C16H26N2O. The Morgan fingerprint density at radius 2 is 2.16 bits per heavy atom. The van der Waals surface area contributed by atoms with E-state index in [1.54, 1.807) is 0 Å². The van der Waals surface area contributed by atoms with E-state index in [-0.39, 0.29) is 5.54 Å². The summed E-state index contributed by atoms with van der Waals surface area (Å²) in [6.45, 7) is 7.48. The maximum atomic E-state index is 5.55. The highest BCUT2D eigenvalue weighted by Gasteiger charge is 2.22. The van der Waals surface area contributed by atoms with Gasteiger partial charge < -0.3 is 10.1 Å². The Morgan fingerprint density at radius 3 is 2.89 bits per heavy atom. The number of benzene rings is 1. The van der Waals surface area contributed by atoms with Gasteiger partial charge in [-0.1, -0.05) is 12.1 Å². The molecule has 0 unspecified atom stereocenters. The third-order valence-electron chi connectivity index (χ3n) is 4.13. The van der Waals surface area contributed by atoms with Crippen molar-refractivity contribution >= 4 is 0 Å². The number of fused-ring (bicyclic) bond motifs is 1. The molecule has 0 atom stereocenters. The SMILES string of the molecule is CNCC(C)(C)N(C)CCc1ccc2c(c1)CCO2. The van der Waals surface area contributed by atoms with Gasteiger partial charge in [-0.2, -0.15) is 0 Å². The van der Waals surface area contributed by atoms with Crippen LogP contribution in [0.3, 0.4) is 0 Å². The topological polar surface area (TPSA) is 24.5 Å². The van der Waals surface area contributed by atoms with Crippen molar-refractivity contribution in [1.82, 2.24) is 10.2 Å². The molecule has 1 aromatic carbocycles. The van der Waals surface area contributed by atoms with Gasteiger partial charge in [-0.15, -0.1) is 0 Å². The second-order valence-corrected chi connectivity index (χ2v) is 6.05. The Labute approximate surface area is 116 Å². The number of ether oxygens (including phenoxy) is 1. The van der Waals surface area contributed by atoms with Crippen LogP contribution in [0, 0.1) is 0 Å². The Kier molecular flexibility index (Phi) is 4.48. The quantitative estimate of drug-likeness (QED) is 0.849. The van der Waals surface area contributed by atoms with Crippen molar-refractivity contribution in [3.05, 3.63) is 29.3 Å². The molecule has 1 aliphatic rings. The monoisotopic (exact) mass is 262 g/mol. The lowest BCUT2D eigenvalue weighted by atomic mass is 10.0. The molecular weight excluding hydrogens is 236 g/mol. The van der Waals surface area contributed by atoms with Gasteiger partial charge in [0.2, 0.25) is 0 Å². The molecule has 3 nitrogen and oxygen atoms in total. The van der Waals surface area contributed by atoms with E-state index in [0.717, 1.165) is 38.3 Å². The van der Waals surface area contributed by atoms with Crippen LogP contribution in [0.25, 0.3) is 0 Å². The molecule has 0 saturated heterocycles. The van der Waals surface area contributed by atoms with Crippen molar-refractivity contribution in [1.29, 1.82) is 0 Å². The van der Waals surface area contributed by atoms with Crippen LogP contribution in [-0.4, -0.2) is 44.2 Å². The van der Waals surface area contributed by atoms with Crippen LogP contribution < -0.4 is 10.1 Å². The standard InChI is InChI=1S/C16H26N2O/c1-16(2,12-17-3)18(4)9-7-13-5-6-15-14(11-13)8-10-19-15/h5-6,11,17H,7-10,12H2,1-4H3. The number of hydrogen-bond acceptors (Lipinski definition) is 3. The van der Waals surface area contributed by atoms with Gasteiger partial charge in [0.1, 0.15) is 5.75 Å². The molecule has 0 radical (unpaired) electrons. The largest absolute Gasteiger partial charge is 0.493 e. The summed E-state index contributed by atoms with van der Waals surface area (Å²) in [4.78, 5) is 2.42. The minimum Gasteiger partial charge on any atom is -0.493 e. The highest BCUT2D eigenvalue weighted by molar-refractivity contribution is 5.39. The van der Waals surface area contributed by atoms with Crippen molar-refractivity contribution in [2.24, 2.45) is 0 Å². The Bertz CT molecular complexity index is 429. The van der Waals surface area contributed by atoms with Crippen molar-refractivity contribution in [3.63, 3.8) is 0 Å². The molecule has 0 spiro atoms. The molecule has 0 bridgehead atoms. The van der Waals surface area contributed by atoms with E-state index < -0.39 is 0 Å². The van der Waals surface area contributed by atoms with Crippen LogP contribution in [0.15, 0.2) is 18.2 Å². The van der Waals surface area contributed by atoms with E-state index in [1.807, 2.05) is 7.05 Å². The van der Waals surface area contributed by atoms with Gasteiger partial charge >= 0.3 is 0 Å². The van der Waals surface area contributed by atoms with Crippen LogP contribution in [0.1, 0.15) is 25.0 Å². The number of rotatable bonds is 6. The lowest BCUT2D eigenvalue weighted by Gasteiger charge is -2.35. The zero-order valence-corrected chi connectivity index (χ0v) is 12.6. The second kappa shape index (κ2) is 5.93. The third-order valence-corrected chi connectivity index (χ3v) is 4.13. The molecule has 1 N–H and O–H groups in total. The van der Waals surface area contributed by atoms with E-state index in [9.17, 15) is 0 Å². The van der Waals surface area contributed by atoms with Crippen LogP contribution in [-0.2, 0) is 12.8 Å². The summed E-state index contributed by atoms with van der Waals surface area (Å²) < 4.78 is 5.55. The van der Waals surface area contributed by atoms with Gasteiger partial charge in [-0.05, 0) is 51.6 Å². The van der Waals surface area contributed by atoms with Gasteiger partial charge in [-0.25, -0.2) is 0 Å². The predicted molar refractivity (Wildman–Crippen MR) is 80.0 cm³/mol. The summed E-state index contributed by atoms with van der Waals surface area (Å²) >= 11 is 0. The zero-order chi connectivity index (χ0) is 13.9. The van der Waals surface area contributed by atoms with E-state index in [4.69, 9.17) is 4.74 Å². The van der Waals surface area contributed by atoms with Gasteiger partial charge in [0.25, 0.3) is 0 Å². The molecule has 0 amide bonds. The van der Waals surface area contributed by atoms with E-state index in [2.05, 4.69) is 49.3 Å². The number of likely N-dealkylation sites (N-methyl/N-ethyl adjacent to an activating group) is 2. The van der Waals surface area contributed by atoms with Crippen molar-refractivity contribution in [3.8, 4) is 5.75 Å². The number of nitrogens with zero attached hydrogens (tertiary/aromatic N) is 1. The Morgan fingerprint density at radius 1 is 1.37 bits per heavy atom. The van der Waals surface area contributed by atoms with Crippen LogP contribution in [0.5, 0.6) is 5.75 Å². The summed E-state index contributed by atoms with van der Waals surface area (Å²) in [5, 5.41) is 3.26. The average Bonchev–Trinajstić information content (AvgIpc) is 2.83. The summed E-state index contributed by atoms with van der Waals surface area (Å²) in [5.41, 5.74) is 2.97. The van der Waals surface area contributed by atoms with Crippen LogP contribution >= 0.6 is 0 Å². The molecule has 19 heavy (non-hydrogen) atoms. The predicted octanol–water partition coefficient (Wildman–Crippen LogP) is 2.09. The molecule has 0 aliphatic carbocycles. The fourth-order valence-electron chi connectivity index (χ4n) is 2.56. The molecule has 3 heteroatoms.